The smallest absolute Gasteiger partial charge is 0.315 e. The van der Waals surface area contributed by atoms with Gasteiger partial charge < -0.3 is 24.1 Å². The van der Waals surface area contributed by atoms with E-state index >= 15 is 0 Å². The second kappa shape index (κ2) is 8.06. The molecule has 7 rings (SSSR count). The number of carbonyl (C=O) groups excluding carboxylic acids is 1. The number of benzene rings is 1. The van der Waals surface area contributed by atoms with Gasteiger partial charge in [0.05, 0.1) is 19.0 Å². The van der Waals surface area contributed by atoms with Crippen LogP contribution in [0.1, 0.15) is 51.1 Å². The molecule has 37 heavy (non-hydrogen) atoms. The maximum atomic E-state index is 13.7. The molecule has 11 heteroatoms. The van der Waals surface area contributed by atoms with Crippen LogP contribution in [-0.4, -0.2) is 56.1 Å². The molecule has 3 aliphatic carbocycles. The molecule has 1 N–H and O–H groups in total. The third-order valence-corrected chi connectivity index (χ3v) is 8.69. The highest BCUT2D eigenvalue weighted by atomic mass is 127. The van der Waals surface area contributed by atoms with Gasteiger partial charge in [-0.05, 0) is 51.3 Å². The highest BCUT2D eigenvalue weighted by molar-refractivity contribution is 14.1. The average molecular weight is 619 g/mol. The van der Waals surface area contributed by atoms with Gasteiger partial charge in [-0.1, -0.05) is 12.1 Å². The minimum Gasteiger partial charge on any atom is -0.465 e. The molecule has 2 unspecified atom stereocenters. The molecule has 1 saturated heterocycles. The molecular weight excluding hydrogens is 592 g/mol. The van der Waals surface area contributed by atoms with E-state index in [-0.39, 0.29) is 47.9 Å². The molecule has 4 fully saturated rings. The number of nitrogens with zero attached hydrogens (tertiary/aromatic N) is 4. The zero-order valence-electron chi connectivity index (χ0n) is 20.6. The number of fused-ring (bicyclic) bond motifs is 4. The molecule has 7 atom stereocenters. The first-order valence-electron chi connectivity index (χ1n) is 12.7. The molecule has 194 valence electrons. The van der Waals surface area contributed by atoms with Crippen molar-refractivity contribution in [3.05, 3.63) is 45.8 Å². The molecular formula is C26H27FIN5O4. The summed E-state index contributed by atoms with van der Waals surface area (Å²) in [6.07, 6.45) is 2.64. The first-order chi connectivity index (χ1) is 17.7. The van der Waals surface area contributed by atoms with E-state index in [9.17, 15) is 9.18 Å². The Kier molecular flexibility index (Phi) is 5.17. The summed E-state index contributed by atoms with van der Waals surface area (Å²) in [4.78, 5) is 27.2. The standard InChI is InChI=1S/C26H27FIN5O4/c1-4-35-23(34)26-10-15(26)18(19-20(26)37-25(2,3)36-19)33-11-29-17-21(31-24(28)32-22(17)33)30-16-9-14(16)12-6-5-7-13(27)8-12/h5-8,11,14-16,18-20H,4,9-10H2,1-3H3,(H,30,31,32)/t14?,15-,16?,18-,19-,20-,26+/m1/s1. The summed E-state index contributed by atoms with van der Waals surface area (Å²) >= 11 is 2.11. The molecule has 0 radical (unpaired) electrons. The lowest BCUT2D eigenvalue weighted by Crippen LogP contribution is -2.36. The molecule has 1 aromatic carbocycles. The molecule has 3 aromatic rings. The predicted octanol–water partition coefficient (Wildman–Crippen LogP) is 4.18. The number of esters is 1. The van der Waals surface area contributed by atoms with Gasteiger partial charge >= 0.3 is 5.97 Å². The fourth-order valence-corrected chi connectivity index (χ4v) is 7.01. The Labute approximate surface area is 226 Å². The normalized spacial score (nSPS) is 34.7. The number of anilines is 1. The number of hydrogen-bond donors (Lipinski definition) is 1. The summed E-state index contributed by atoms with van der Waals surface area (Å²) in [6.45, 7) is 5.90. The average Bonchev–Trinajstić information content (AvgIpc) is 3.66. The van der Waals surface area contributed by atoms with Crippen LogP contribution < -0.4 is 5.32 Å². The van der Waals surface area contributed by atoms with Gasteiger partial charge in [0.1, 0.15) is 23.4 Å². The van der Waals surface area contributed by atoms with Crippen molar-refractivity contribution in [3.8, 4) is 0 Å². The van der Waals surface area contributed by atoms with Gasteiger partial charge in [-0.15, -0.1) is 0 Å². The van der Waals surface area contributed by atoms with Gasteiger partial charge in [-0.3, -0.25) is 4.79 Å². The zero-order chi connectivity index (χ0) is 25.7. The number of hydrogen-bond acceptors (Lipinski definition) is 8. The van der Waals surface area contributed by atoms with E-state index in [1.807, 2.05) is 31.4 Å². The third kappa shape index (κ3) is 3.60. The number of nitrogens with one attached hydrogen (secondary N) is 1. The van der Waals surface area contributed by atoms with Crippen molar-refractivity contribution >= 4 is 45.5 Å². The molecule has 1 aliphatic heterocycles. The van der Waals surface area contributed by atoms with Crippen molar-refractivity contribution in [2.45, 2.75) is 69.6 Å². The van der Waals surface area contributed by atoms with Crippen LogP contribution in [0.15, 0.2) is 30.6 Å². The molecule has 0 spiro atoms. The van der Waals surface area contributed by atoms with E-state index in [2.05, 4.69) is 32.9 Å². The Balaban J connectivity index is 1.22. The number of rotatable bonds is 6. The SMILES string of the molecule is CCOC(=O)[C@@]12C[C@@H]1[C@@H](n1cnc3c(NC4CC4c4cccc(F)c4)nc(I)nc31)[C@H]1OC(C)(C)O[C@H]12. The molecule has 3 heterocycles. The van der Waals surface area contributed by atoms with Crippen molar-refractivity contribution in [3.63, 3.8) is 0 Å². The lowest BCUT2D eigenvalue weighted by molar-refractivity contribution is -0.172. The van der Waals surface area contributed by atoms with Gasteiger partial charge in [0, 0.05) is 40.5 Å². The zero-order valence-corrected chi connectivity index (χ0v) is 22.8. The van der Waals surface area contributed by atoms with Crippen LogP contribution in [-0.2, 0) is 19.0 Å². The van der Waals surface area contributed by atoms with Gasteiger partial charge in [-0.25, -0.2) is 19.3 Å². The number of carbonyl (C=O) groups is 1. The van der Waals surface area contributed by atoms with Crippen molar-refractivity contribution in [1.82, 2.24) is 19.5 Å². The van der Waals surface area contributed by atoms with Crippen LogP contribution in [0.2, 0.25) is 0 Å². The Hall–Kier alpha value is -2.38. The predicted molar refractivity (Wildman–Crippen MR) is 139 cm³/mol. The Morgan fingerprint density at radius 1 is 1.32 bits per heavy atom. The second-order valence-electron chi connectivity index (χ2n) is 10.9. The van der Waals surface area contributed by atoms with Crippen molar-refractivity contribution in [2.75, 3.05) is 11.9 Å². The topological polar surface area (TPSA) is 100 Å². The third-order valence-electron chi connectivity index (χ3n) is 8.21. The van der Waals surface area contributed by atoms with E-state index in [1.54, 1.807) is 18.5 Å². The van der Waals surface area contributed by atoms with Crippen LogP contribution >= 0.6 is 22.6 Å². The molecule has 3 saturated carbocycles. The number of imidazole rings is 1. The number of aromatic nitrogens is 4. The monoisotopic (exact) mass is 619 g/mol. The Bertz CT molecular complexity index is 1430. The highest BCUT2D eigenvalue weighted by Gasteiger charge is 2.80. The molecule has 9 nitrogen and oxygen atoms in total. The highest BCUT2D eigenvalue weighted by Crippen LogP contribution is 2.72. The fourth-order valence-electron chi connectivity index (χ4n) is 6.54. The Morgan fingerprint density at radius 2 is 2.16 bits per heavy atom. The summed E-state index contributed by atoms with van der Waals surface area (Å²) in [7, 11) is 0. The van der Waals surface area contributed by atoms with Crippen molar-refractivity contribution in [1.29, 1.82) is 0 Å². The summed E-state index contributed by atoms with van der Waals surface area (Å²) in [5.74, 6) is -0.352. The minimum atomic E-state index is -0.801. The van der Waals surface area contributed by atoms with Crippen LogP contribution in [0.5, 0.6) is 0 Å². The summed E-state index contributed by atoms with van der Waals surface area (Å²) in [5.41, 5.74) is 1.62. The van der Waals surface area contributed by atoms with Gasteiger partial charge in [-0.2, -0.15) is 0 Å². The number of ether oxygens (including phenoxy) is 3. The van der Waals surface area contributed by atoms with Gasteiger partial charge in [0.15, 0.2) is 26.6 Å². The van der Waals surface area contributed by atoms with Gasteiger partial charge in [0.25, 0.3) is 0 Å². The second-order valence-corrected chi connectivity index (χ2v) is 11.9. The van der Waals surface area contributed by atoms with Crippen LogP contribution in [0.25, 0.3) is 11.2 Å². The van der Waals surface area contributed by atoms with Crippen LogP contribution in [0.4, 0.5) is 10.2 Å². The molecule has 2 aromatic heterocycles. The largest absolute Gasteiger partial charge is 0.465 e. The number of halogens is 2. The first-order valence-corrected chi connectivity index (χ1v) is 13.7. The van der Waals surface area contributed by atoms with Gasteiger partial charge in [0.2, 0.25) is 0 Å². The van der Waals surface area contributed by atoms with E-state index in [1.165, 1.54) is 6.07 Å². The van der Waals surface area contributed by atoms with Crippen molar-refractivity contribution in [2.24, 2.45) is 11.3 Å². The molecule has 0 amide bonds. The first kappa shape index (κ1) is 23.7. The lowest BCUT2D eigenvalue weighted by Gasteiger charge is -2.24. The van der Waals surface area contributed by atoms with Crippen LogP contribution in [0, 0.1) is 21.0 Å². The molecule has 4 aliphatic rings. The fraction of sp³-hybridized carbons (Fsp3) is 0.538. The summed E-state index contributed by atoms with van der Waals surface area (Å²) < 4.78 is 34.4. The lowest BCUT2D eigenvalue weighted by atomic mass is 9.99. The van der Waals surface area contributed by atoms with Crippen molar-refractivity contribution < 1.29 is 23.4 Å². The van der Waals surface area contributed by atoms with E-state index in [0.717, 1.165) is 12.0 Å². The van der Waals surface area contributed by atoms with E-state index < -0.39 is 11.2 Å². The maximum Gasteiger partial charge on any atom is 0.315 e. The summed E-state index contributed by atoms with van der Waals surface area (Å²) in [6, 6.07) is 6.72. The van der Waals surface area contributed by atoms with E-state index in [4.69, 9.17) is 24.2 Å². The Morgan fingerprint density at radius 3 is 2.95 bits per heavy atom. The van der Waals surface area contributed by atoms with Crippen LogP contribution in [0.3, 0.4) is 0 Å². The maximum absolute atomic E-state index is 13.7. The molecule has 0 bridgehead atoms. The minimum absolute atomic E-state index is 0.0138. The quantitative estimate of drug-likeness (QED) is 0.249. The van der Waals surface area contributed by atoms with E-state index in [0.29, 0.717) is 33.8 Å². The summed E-state index contributed by atoms with van der Waals surface area (Å²) in [5, 5.41) is 3.51.